The number of aliphatic hydroxyl groups excluding tert-OH is 2. The highest BCUT2D eigenvalue weighted by Crippen LogP contribution is 2.20. The first-order chi connectivity index (χ1) is 9.17. The van der Waals surface area contributed by atoms with Gasteiger partial charge in [-0.05, 0) is 13.0 Å². The molecule has 0 fully saturated rings. The van der Waals surface area contributed by atoms with Crippen LogP contribution < -0.4 is 10.1 Å². The van der Waals surface area contributed by atoms with Crippen LogP contribution in [-0.2, 0) is 11.3 Å². The smallest absolute Gasteiger partial charge is 0.123 e. The highest BCUT2D eigenvalue weighted by molar-refractivity contribution is 5.36. The van der Waals surface area contributed by atoms with Gasteiger partial charge < -0.3 is 25.0 Å². The Morgan fingerprint density at radius 1 is 1.37 bits per heavy atom. The monoisotopic (exact) mass is 269 g/mol. The van der Waals surface area contributed by atoms with Crippen LogP contribution in [0.5, 0.6) is 5.75 Å². The molecule has 0 aromatic heterocycles. The molecular weight excluding hydrogens is 246 g/mol. The minimum Gasteiger partial charge on any atom is -0.490 e. The highest BCUT2D eigenvalue weighted by atomic mass is 16.5. The molecule has 1 atom stereocenters. The van der Waals surface area contributed by atoms with Gasteiger partial charge in [0.15, 0.2) is 0 Å². The quantitative estimate of drug-likeness (QED) is 0.568. The Morgan fingerprint density at radius 3 is 2.84 bits per heavy atom. The Bertz CT molecular complexity index is 370. The summed E-state index contributed by atoms with van der Waals surface area (Å²) in [6.45, 7) is 3.91. The molecule has 0 radical (unpaired) electrons. The van der Waals surface area contributed by atoms with E-state index in [1.165, 1.54) is 0 Å². The van der Waals surface area contributed by atoms with Gasteiger partial charge in [0.05, 0.1) is 13.2 Å². The lowest BCUT2D eigenvalue weighted by atomic mass is 10.1. The highest BCUT2D eigenvalue weighted by Gasteiger charge is 2.07. The molecule has 0 saturated heterocycles. The maximum absolute atomic E-state index is 9.30. The van der Waals surface area contributed by atoms with E-state index in [1.807, 2.05) is 25.1 Å². The summed E-state index contributed by atoms with van der Waals surface area (Å²) in [4.78, 5) is 0. The number of ether oxygens (including phenoxy) is 2. The molecule has 1 unspecified atom stereocenters. The van der Waals surface area contributed by atoms with Crippen molar-refractivity contribution in [1.82, 2.24) is 5.32 Å². The normalized spacial score (nSPS) is 12.4. The zero-order valence-electron chi connectivity index (χ0n) is 11.6. The predicted molar refractivity (Wildman–Crippen MR) is 73.3 cm³/mol. The van der Waals surface area contributed by atoms with Crippen molar-refractivity contribution in [2.24, 2.45) is 0 Å². The molecule has 1 aromatic rings. The van der Waals surface area contributed by atoms with Crippen molar-refractivity contribution in [3.63, 3.8) is 0 Å². The average Bonchev–Trinajstić information content (AvgIpc) is 2.42. The van der Waals surface area contributed by atoms with Gasteiger partial charge in [-0.1, -0.05) is 17.7 Å². The van der Waals surface area contributed by atoms with Gasteiger partial charge in [0.2, 0.25) is 0 Å². The van der Waals surface area contributed by atoms with E-state index in [0.717, 1.165) is 23.4 Å². The molecule has 5 nitrogen and oxygen atoms in total. The molecule has 0 saturated carbocycles. The molecule has 0 aliphatic rings. The van der Waals surface area contributed by atoms with E-state index in [4.69, 9.17) is 14.6 Å². The second-order valence-corrected chi connectivity index (χ2v) is 4.43. The van der Waals surface area contributed by atoms with Crippen LogP contribution in [0, 0.1) is 6.92 Å². The van der Waals surface area contributed by atoms with Crippen LogP contribution in [0.4, 0.5) is 0 Å². The minimum atomic E-state index is -0.851. The van der Waals surface area contributed by atoms with E-state index in [0.29, 0.717) is 13.2 Å². The van der Waals surface area contributed by atoms with Crippen molar-refractivity contribution in [2.45, 2.75) is 19.6 Å². The number of nitrogens with one attached hydrogen (secondary N) is 1. The van der Waals surface area contributed by atoms with Crippen molar-refractivity contribution >= 4 is 0 Å². The minimum absolute atomic E-state index is 0.0879. The van der Waals surface area contributed by atoms with Crippen molar-refractivity contribution in [1.29, 1.82) is 0 Å². The van der Waals surface area contributed by atoms with Gasteiger partial charge in [0, 0.05) is 25.8 Å². The van der Waals surface area contributed by atoms with Gasteiger partial charge in [0.1, 0.15) is 18.5 Å². The largest absolute Gasteiger partial charge is 0.490 e. The molecule has 0 bridgehead atoms. The zero-order chi connectivity index (χ0) is 14.1. The first kappa shape index (κ1) is 15.9. The van der Waals surface area contributed by atoms with E-state index >= 15 is 0 Å². The fraction of sp³-hybridized carbons (Fsp3) is 0.571. The van der Waals surface area contributed by atoms with E-state index in [1.54, 1.807) is 7.11 Å². The van der Waals surface area contributed by atoms with Crippen molar-refractivity contribution in [3.8, 4) is 5.75 Å². The SMILES string of the molecule is COCCNCc1cc(C)ccc1OCC(O)CO. The second-order valence-electron chi connectivity index (χ2n) is 4.43. The van der Waals surface area contributed by atoms with Crippen molar-refractivity contribution < 1.29 is 19.7 Å². The van der Waals surface area contributed by atoms with Gasteiger partial charge in [-0.25, -0.2) is 0 Å². The molecule has 0 heterocycles. The molecule has 108 valence electrons. The van der Waals surface area contributed by atoms with Crippen LogP contribution in [0.15, 0.2) is 18.2 Å². The van der Waals surface area contributed by atoms with E-state index in [2.05, 4.69) is 5.32 Å². The zero-order valence-corrected chi connectivity index (χ0v) is 11.6. The van der Waals surface area contributed by atoms with Crippen molar-refractivity contribution in [3.05, 3.63) is 29.3 Å². The third-order valence-corrected chi connectivity index (χ3v) is 2.66. The summed E-state index contributed by atoms with van der Waals surface area (Å²) in [5, 5.41) is 21.3. The maximum atomic E-state index is 9.30. The lowest BCUT2D eigenvalue weighted by Crippen LogP contribution is -2.23. The van der Waals surface area contributed by atoms with Gasteiger partial charge >= 0.3 is 0 Å². The summed E-state index contributed by atoms with van der Waals surface area (Å²) in [5.41, 5.74) is 2.18. The van der Waals surface area contributed by atoms with E-state index < -0.39 is 6.10 Å². The van der Waals surface area contributed by atoms with Crippen LogP contribution >= 0.6 is 0 Å². The van der Waals surface area contributed by atoms with Gasteiger partial charge in [-0.2, -0.15) is 0 Å². The summed E-state index contributed by atoms with van der Waals surface area (Å²) in [7, 11) is 1.67. The summed E-state index contributed by atoms with van der Waals surface area (Å²) in [5.74, 6) is 0.725. The van der Waals surface area contributed by atoms with Gasteiger partial charge in [0.25, 0.3) is 0 Å². The van der Waals surface area contributed by atoms with E-state index in [-0.39, 0.29) is 13.2 Å². The molecule has 1 rings (SSSR count). The Hall–Kier alpha value is -1.14. The van der Waals surface area contributed by atoms with E-state index in [9.17, 15) is 5.11 Å². The topological polar surface area (TPSA) is 71.0 Å². The summed E-state index contributed by atoms with van der Waals surface area (Å²) in [6, 6.07) is 5.88. The predicted octanol–water partition coefficient (Wildman–Crippen LogP) is 0.463. The number of aryl methyl sites for hydroxylation is 1. The fourth-order valence-corrected chi connectivity index (χ4v) is 1.62. The summed E-state index contributed by atoms with van der Waals surface area (Å²) >= 11 is 0. The third kappa shape index (κ3) is 6.02. The first-order valence-electron chi connectivity index (χ1n) is 6.38. The number of hydrogen-bond acceptors (Lipinski definition) is 5. The van der Waals surface area contributed by atoms with Gasteiger partial charge in [-0.15, -0.1) is 0 Å². The first-order valence-corrected chi connectivity index (χ1v) is 6.38. The lowest BCUT2D eigenvalue weighted by molar-refractivity contribution is 0.0532. The van der Waals surface area contributed by atoms with Crippen LogP contribution in [0.2, 0.25) is 0 Å². The molecule has 0 amide bonds. The molecule has 19 heavy (non-hydrogen) atoms. The molecule has 1 aromatic carbocycles. The Balaban J connectivity index is 2.58. The van der Waals surface area contributed by atoms with Crippen LogP contribution in [0.3, 0.4) is 0 Å². The Morgan fingerprint density at radius 2 is 2.16 bits per heavy atom. The van der Waals surface area contributed by atoms with Crippen LogP contribution in [0.1, 0.15) is 11.1 Å². The van der Waals surface area contributed by atoms with Crippen LogP contribution in [-0.4, -0.2) is 49.8 Å². The van der Waals surface area contributed by atoms with Gasteiger partial charge in [-0.3, -0.25) is 0 Å². The molecule has 0 aliphatic carbocycles. The number of rotatable bonds is 9. The van der Waals surface area contributed by atoms with Crippen LogP contribution in [0.25, 0.3) is 0 Å². The molecule has 5 heteroatoms. The third-order valence-electron chi connectivity index (χ3n) is 2.66. The number of aliphatic hydroxyl groups is 2. The fourth-order valence-electron chi connectivity index (χ4n) is 1.62. The molecular formula is C14H23NO4. The Kier molecular flexibility index (Phi) is 7.43. The standard InChI is InChI=1S/C14H23NO4/c1-11-3-4-14(19-10-13(17)9-16)12(7-11)8-15-5-6-18-2/h3-4,7,13,15-17H,5-6,8-10H2,1-2H3. The summed E-state index contributed by atoms with van der Waals surface area (Å²) < 4.78 is 10.5. The average molecular weight is 269 g/mol. The summed E-state index contributed by atoms with van der Waals surface area (Å²) in [6.07, 6.45) is -0.851. The molecule has 0 aliphatic heterocycles. The molecule has 0 spiro atoms. The second kappa shape index (κ2) is 8.87. The van der Waals surface area contributed by atoms with Crippen molar-refractivity contribution in [2.75, 3.05) is 33.5 Å². The lowest BCUT2D eigenvalue weighted by Gasteiger charge is -2.15. The maximum Gasteiger partial charge on any atom is 0.123 e. The molecule has 3 N–H and O–H groups in total. The number of hydrogen-bond donors (Lipinski definition) is 3. The Labute approximate surface area is 114 Å². The number of methoxy groups -OCH3 is 1. The number of benzene rings is 1.